The Balaban J connectivity index is 1.73. The van der Waals surface area contributed by atoms with Gasteiger partial charge in [-0.15, -0.1) is 0 Å². The monoisotopic (exact) mass is 452 g/mol. The van der Waals surface area contributed by atoms with Crippen molar-refractivity contribution >= 4 is 27.3 Å². The first-order valence-electron chi connectivity index (χ1n) is 10.4. The Labute approximate surface area is 189 Å². The van der Waals surface area contributed by atoms with E-state index in [0.717, 1.165) is 11.1 Å². The fourth-order valence-electron chi connectivity index (χ4n) is 3.20. The predicted octanol–water partition coefficient (Wildman–Crippen LogP) is 5.39. The summed E-state index contributed by atoms with van der Waals surface area (Å²) < 4.78 is 33.8. The molecule has 0 aliphatic rings. The Bertz CT molecular complexity index is 1180. The average Bonchev–Trinajstić information content (AvgIpc) is 2.71. The van der Waals surface area contributed by atoms with E-state index in [1.807, 2.05) is 39.8 Å². The molecule has 0 fully saturated rings. The Morgan fingerprint density at radius 3 is 2.16 bits per heavy atom. The molecule has 0 aliphatic carbocycles. The zero-order chi connectivity index (χ0) is 23.3. The maximum absolute atomic E-state index is 12.7. The molecule has 0 atom stereocenters. The fraction of sp³-hybridized carbons (Fsp3) is 0.240. The van der Waals surface area contributed by atoms with Crippen LogP contribution in [0.15, 0.2) is 71.6 Å². The molecule has 168 valence electrons. The molecule has 3 aromatic rings. The summed E-state index contributed by atoms with van der Waals surface area (Å²) >= 11 is 0. The van der Waals surface area contributed by atoms with Crippen LogP contribution in [0.1, 0.15) is 35.3 Å². The molecule has 2 N–H and O–H groups in total. The number of carbonyl (C=O) groups excluding carboxylic acids is 1. The summed E-state index contributed by atoms with van der Waals surface area (Å²) in [6.45, 7) is 8.40. The Morgan fingerprint density at radius 1 is 0.906 bits per heavy atom. The number of aryl methyl sites for hydroxylation is 2. The van der Waals surface area contributed by atoms with Crippen LogP contribution in [0.3, 0.4) is 0 Å². The van der Waals surface area contributed by atoms with E-state index >= 15 is 0 Å². The van der Waals surface area contributed by atoms with Gasteiger partial charge in [0.05, 0.1) is 17.1 Å². The largest absolute Gasteiger partial charge is 0.492 e. The van der Waals surface area contributed by atoms with Crippen molar-refractivity contribution in [1.29, 1.82) is 0 Å². The van der Waals surface area contributed by atoms with Crippen molar-refractivity contribution < 1.29 is 17.9 Å². The minimum Gasteiger partial charge on any atom is -0.492 e. The van der Waals surface area contributed by atoms with E-state index in [4.69, 9.17) is 4.74 Å². The van der Waals surface area contributed by atoms with Crippen molar-refractivity contribution in [2.45, 2.75) is 32.6 Å². The third-order valence-electron chi connectivity index (χ3n) is 4.60. The van der Waals surface area contributed by atoms with E-state index in [2.05, 4.69) is 10.0 Å². The molecule has 3 aromatic carbocycles. The standard InChI is InChI=1S/C25H28N2O4S/c1-17(2)16-31-24-8-6-5-7-23(24)25(28)26-20-9-11-22(12-10-20)32(29,30)27-21-14-18(3)13-19(4)15-21/h5-15,17,27H,16H2,1-4H3,(H,26,28). The minimum absolute atomic E-state index is 0.107. The minimum atomic E-state index is -3.75. The first-order chi connectivity index (χ1) is 15.1. The van der Waals surface area contributed by atoms with E-state index in [1.54, 1.807) is 42.5 Å². The van der Waals surface area contributed by atoms with Crippen LogP contribution in [0.25, 0.3) is 0 Å². The lowest BCUT2D eigenvalue weighted by Gasteiger charge is -2.13. The van der Waals surface area contributed by atoms with Crippen LogP contribution in [0.5, 0.6) is 5.75 Å². The lowest BCUT2D eigenvalue weighted by molar-refractivity contribution is 0.102. The molecule has 0 saturated carbocycles. The van der Waals surface area contributed by atoms with Crippen LogP contribution in [0.2, 0.25) is 0 Å². The Kier molecular flexibility index (Phi) is 7.20. The van der Waals surface area contributed by atoms with Crippen LogP contribution in [0.4, 0.5) is 11.4 Å². The molecule has 6 nitrogen and oxygen atoms in total. The van der Waals surface area contributed by atoms with Crippen LogP contribution >= 0.6 is 0 Å². The number of carbonyl (C=O) groups is 1. The molecule has 1 amide bonds. The zero-order valence-electron chi connectivity index (χ0n) is 18.7. The van der Waals surface area contributed by atoms with Crippen molar-refractivity contribution in [3.05, 3.63) is 83.4 Å². The van der Waals surface area contributed by atoms with Gasteiger partial charge in [0, 0.05) is 11.4 Å². The second kappa shape index (κ2) is 9.87. The molecule has 0 saturated heterocycles. The number of para-hydroxylation sites is 1. The predicted molar refractivity (Wildman–Crippen MR) is 128 cm³/mol. The van der Waals surface area contributed by atoms with Gasteiger partial charge in [0.25, 0.3) is 15.9 Å². The number of sulfonamides is 1. The summed E-state index contributed by atoms with van der Waals surface area (Å²) in [7, 11) is -3.75. The quantitative estimate of drug-likeness (QED) is 0.480. The maximum Gasteiger partial charge on any atom is 0.261 e. The van der Waals surface area contributed by atoms with Crippen molar-refractivity contribution in [3.63, 3.8) is 0 Å². The lowest BCUT2D eigenvalue weighted by Crippen LogP contribution is -2.15. The summed E-state index contributed by atoms with van der Waals surface area (Å²) in [4.78, 5) is 12.9. The number of hydrogen-bond donors (Lipinski definition) is 2. The summed E-state index contributed by atoms with van der Waals surface area (Å²) in [5.74, 6) is 0.516. The van der Waals surface area contributed by atoms with Gasteiger partial charge in [-0.05, 0) is 79.4 Å². The zero-order valence-corrected chi connectivity index (χ0v) is 19.5. The van der Waals surface area contributed by atoms with Gasteiger partial charge in [0.15, 0.2) is 0 Å². The highest BCUT2D eigenvalue weighted by Gasteiger charge is 2.16. The molecule has 0 radical (unpaired) electrons. The van der Waals surface area contributed by atoms with E-state index < -0.39 is 10.0 Å². The van der Waals surface area contributed by atoms with Crippen molar-refractivity contribution in [3.8, 4) is 5.75 Å². The van der Waals surface area contributed by atoms with E-state index in [9.17, 15) is 13.2 Å². The number of anilines is 2. The van der Waals surface area contributed by atoms with Crippen molar-refractivity contribution in [2.24, 2.45) is 5.92 Å². The van der Waals surface area contributed by atoms with Crippen LogP contribution in [-0.2, 0) is 10.0 Å². The van der Waals surface area contributed by atoms with E-state index in [1.165, 1.54) is 12.1 Å². The molecule has 7 heteroatoms. The molecule has 3 rings (SSSR count). The fourth-order valence-corrected chi connectivity index (χ4v) is 4.24. The topological polar surface area (TPSA) is 84.5 Å². The first kappa shape index (κ1) is 23.3. The van der Waals surface area contributed by atoms with E-state index in [0.29, 0.717) is 35.2 Å². The molecular weight excluding hydrogens is 424 g/mol. The van der Waals surface area contributed by atoms with Crippen LogP contribution in [-0.4, -0.2) is 20.9 Å². The highest BCUT2D eigenvalue weighted by atomic mass is 32.2. The Morgan fingerprint density at radius 2 is 1.53 bits per heavy atom. The second-order valence-electron chi connectivity index (χ2n) is 8.16. The number of ether oxygens (including phenoxy) is 1. The third-order valence-corrected chi connectivity index (χ3v) is 6.00. The van der Waals surface area contributed by atoms with E-state index in [-0.39, 0.29) is 10.8 Å². The maximum atomic E-state index is 12.7. The number of rotatable bonds is 8. The van der Waals surface area contributed by atoms with Crippen molar-refractivity contribution in [2.75, 3.05) is 16.6 Å². The number of benzene rings is 3. The summed E-state index contributed by atoms with van der Waals surface area (Å²) in [6.07, 6.45) is 0. The highest BCUT2D eigenvalue weighted by molar-refractivity contribution is 7.92. The number of hydrogen-bond acceptors (Lipinski definition) is 4. The van der Waals surface area contributed by atoms with Gasteiger partial charge in [0.1, 0.15) is 5.75 Å². The molecule has 0 unspecified atom stereocenters. The molecule has 0 heterocycles. The van der Waals surface area contributed by atoms with Gasteiger partial charge in [-0.25, -0.2) is 8.42 Å². The van der Waals surface area contributed by atoms with Crippen LogP contribution < -0.4 is 14.8 Å². The Hall–Kier alpha value is -3.32. The first-order valence-corrected chi connectivity index (χ1v) is 11.9. The smallest absolute Gasteiger partial charge is 0.261 e. The third kappa shape index (κ3) is 6.11. The van der Waals surface area contributed by atoms with Crippen molar-refractivity contribution in [1.82, 2.24) is 0 Å². The second-order valence-corrected chi connectivity index (χ2v) is 9.84. The molecule has 32 heavy (non-hydrogen) atoms. The van der Waals surface area contributed by atoms with Gasteiger partial charge >= 0.3 is 0 Å². The highest BCUT2D eigenvalue weighted by Crippen LogP contribution is 2.23. The molecule has 0 spiro atoms. The normalized spacial score (nSPS) is 11.3. The number of nitrogens with one attached hydrogen (secondary N) is 2. The van der Waals surface area contributed by atoms with Gasteiger partial charge in [-0.2, -0.15) is 0 Å². The molecule has 0 bridgehead atoms. The number of amides is 1. The molecule has 0 aliphatic heterocycles. The van der Waals surface area contributed by atoms with Gasteiger partial charge in [-0.3, -0.25) is 9.52 Å². The summed E-state index contributed by atoms with van der Waals surface area (Å²) in [5, 5.41) is 2.80. The molecular formula is C25H28N2O4S. The summed E-state index contributed by atoms with van der Waals surface area (Å²) in [5.41, 5.74) is 3.36. The van der Waals surface area contributed by atoms with Crippen LogP contribution in [0, 0.1) is 19.8 Å². The SMILES string of the molecule is Cc1cc(C)cc(NS(=O)(=O)c2ccc(NC(=O)c3ccccc3OCC(C)C)cc2)c1. The van der Waals surface area contributed by atoms with Gasteiger partial charge < -0.3 is 10.1 Å². The average molecular weight is 453 g/mol. The molecule has 0 aromatic heterocycles. The summed E-state index contributed by atoms with van der Waals surface area (Å²) in [6, 6.07) is 18.6. The van der Waals surface area contributed by atoms with Gasteiger partial charge in [0.2, 0.25) is 0 Å². The lowest BCUT2D eigenvalue weighted by atomic mass is 10.1. The van der Waals surface area contributed by atoms with Gasteiger partial charge in [-0.1, -0.05) is 32.0 Å².